The van der Waals surface area contributed by atoms with Crippen molar-refractivity contribution in [2.75, 3.05) is 97.3 Å². The number of ether oxygens (including phenoxy) is 7. The van der Waals surface area contributed by atoms with E-state index in [1.165, 1.54) is 4.90 Å². The first-order chi connectivity index (χ1) is 43.1. The Kier molecular flexibility index (Phi) is 23.9. The van der Waals surface area contributed by atoms with Gasteiger partial charge < -0.3 is 57.9 Å². The van der Waals surface area contributed by atoms with E-state index < -0.39 is 18.2 Å². The quantitative estimate of drug-likeness (QED) is 0.0290. The first kappa shape index (κ1) is 66.3. The van der Waals surface area contributed by atoms with Crippen LogP contribution in [-0.2, 0) is 52.7 Å². The van der Waals surface area contributed by atoms with Gasteiger partial charge in [0.15, 0.2) is 11.6 Å². The van der Waals surface area contributed by atoms with Gasteiger partial charge >= 0.3 is 0 Å². The average Bonchev–Trinajstić information content (AvgIpc) is 1.82. The number of β-amino-alcohol motifs (C(OH)–C–C–N with tert-alkyl or cyclic N) is 1. The normalized spacial score (nSPS) is 16.3. The Bertz CT molecular complexity index is 3430. The van der Waals surface area contributed by atoms with Crippen molar-refractivity contribution in [2.24, 2.45) is 5.92 Å². The number of hydrogen-bond donors (Lipinski definition) is 2. The molecule has 1 unspecified atom stereocenters. The number of hydrogen-bond acceptors (Lipinski definition) is 16. The van der Waals surface area contributed by atoms with Crippen LogP contribution < -0.4 is 19.9 Å². The summed E-state index contributed by atoms with van der Waals surface area (Å²) in [5.41, 5.74) is 12.7. The number of amides is 2. The predicted octanol–water partition coefficient (Wildman–Crippen LogP) is 9.89. The lowest BCUT2D eigenvalue weighted by Crippen LogP contribution is -2.54. The molecule has 3 atom stereocenters. The van der Waals surface area contributed by atoms with Crippen LogP contribution in [0.25, 0.3) is 21.6 Å². The number of nitrogens with zero attached hydrogens (tertiary/aromatic N) is 4. The summed E-state index contributed by atoms with van der Waals surface area (Å²) in [6.45, 7) is 20.0. The number of likely N-dealkylation sites (tertiary alicyclic amines) is 1. The third-order valence-electron chi connectivity index (χ3n) is 17.1. The van der Waals surface area contributed by atoms with Crippen molar-refractivity contribution < 1.29 is 57.4 Å². The number of aliphatic hydroxyl groups excluding tert-OH is 1. The standard InChI is InChI=1S/C70H87N5O13S/c1-8-73(55-23-25-82-26-24-55)61-39-54(38-60(48(61)6)63(77)22-20-58-46(4)37-47(5)72-68(58)79)50-15-18-57(19-16-50)87-35-33-85-31-29-83-27-28-84-30-32-86-34-36-88-65-40-52(67-49(7)71-44-89-67)14-13-51(65)17-21-64(78)62-41-56(76)43-74(62)70(81)66(45(2)3)75-42-53-11-9-10-12-59(53)69(75)80/h9-16,18-19,37-40,44-45,55-56,62,66,76H,8,17,20-36,41-43H2,1-7H3,(H,72,79)/t56-,62?,66+/m1/s1. The van der Waals surface area contributed by atoms with Gasteiger partial charge in [-0.15, -0.1) is 11.3 Å². The van der Waals surface area contributed by atoms with Crippen LogP contribution in [0.3, 0.4) is 0 Å². The van der Waals surface area contributed by atoms with Gasteiger partial charge in [-0.3, -0.25) is 24.0 Å². The number of H-pyrrole nitrogens is 1. The molecule has 476 valence electrons. The van der Waals surface area contributed by atoms with E-state index in [4.69, 9.17) is 33.2 Å². The first-order valence-corrected chi connectivity index (χ1v) is 32.3. The van der Waals surface area contributed by atoms with E-state index in [9.17, 15) is 29.1 Å². The molecule has 2 amide bonds. The molecule has 18 nitrogen and oxygen atoms in total. The smallest absolute Gasteiger partial charge is 0.255 e. The molecular weight excluding hydrogens is 1150 g/mol. The molecule has 2 fully saturated rings. The summed E-state index contributed by atoms with van der Waals surface area (Å²) in [7, 11) is 0. The number of pyridine rings is 1. The number of aromatic amines is 1. The summed E-state index contributed by atoms with van der Waals surface area (Å²) in [6, 6.07) is 26.1. The van der Waals surface area contributed by atoms with Crippen molar-refractivity contribution in [1.82, 2.24) is 19.8 Å². The number of aromatic nitrogens is 2. The van der Waals surface area contributed by atoms with Crippen molar-refractivity contribution in [3.63, 3.8) is 0 Å². The van der Waals surface area contributed by atoms with Crippen molar-refractivity contribution >= 4 is 40.4 Å². The zero-order valence-electron chi connectivity index (χ0n) is 52.6. The molecule has 3 aliphatic rings. The molecular formula is C70H87N5O13S. The largest absolute Gasteiger partial charge is 0.491 e. The summed E-state index contributed by atoms with van der Waals surface area (Å²) in [6.07, 6.45) is 2.20. The minimum Gasteiger partial charge on any atom is -0.491 e. The number of rotatable bonds is 33. The highest BCUT2D eigenvalue weighted by molar-refractivity contribution is 7.13. The van der Waals surface area contributed by atoms with E-state index in [1.807, 2.05) is 114 Å². The summed E-state index contributed by atoms with van der Waals surface area (Å²) in [5.74, 6) is 0.445. The lowest BCUT2D eigenvalue weighted by molar-refractivity contribution is -0.142. The molecule has 19 heteroatoms. The minimum atomic E-state index is -0.850. The van der Waals surface area contributed by atoms with Crippen LogP contribution in [0.15, 0.2) is 95.2 Å². The van der Waals surface area contributed by atoms with E-state index in [-0.39, 0.29) is 67.3 Å². The molecule has 9 rings (SSSR count). The Hall–Kier alpha value is -7.10. The molecule has 0 radical (unpaired) electrons. The number of thiazole rings is 1. The van der Waals surface area contributed by atoms with Crippen molar-refractivity contribution in [3.8, 4) is 33.1 Å². The molecule has 3 aliphatic heterocycles. The number of ketones is 2. The zero-order chi connectivity index (χ0) is 63.0. The number of anilines is 1. The molecule has 2 aromatic heterocycles. The zero-order valence-corrected chi connectivity index (χ0v) is 53.5. The monoisotopic (exact) mass is 1240 g/mol. The van der Waals surface area contributed by atoms with E-state index in [0.29, 0.717) is 126 Å². The van der Waals surface area contributed by atoms with Crippen LogP contribution in [0.4, 0.5) is 5.69 Å². The molecule has 6 aromatic rings. The second-order valence-corrected chi connectivity index (χ2v) is 24.4. The number of aryl methyl sites for hydroxylation is 4. The van der Waals surface area contributed by atoms with E-state index in [2.05, 4.69) is 27.9 Å². The molecule has 2 N–H and O–H groups in total. The Morgan fingerprint density at radius 1 is 0.775 bits per heavy atom. The van der Waals surface area contributed by atoms with Gasteiger partial charge in [0.1, 0.15) is 30.8 Å². The van der Waals surface area contributed by atoms with Gasteiger partial charge in [-0.2, -0.15) is 0 Å². The first-order valence-electron chi connectivity index (χ1n) is 31.4. The van der Waals surface area contributed by atoms with Crippen LogP contribution >= 0.6 is 11.3 Å². The van der Waals surface area contributed by atoms with Crippen LogP contribution in [-0.4, -0.2) is 165 Å². The summed E-state index contributed by atoms with van der Waals surface area (Å²) in [4.78, 5) is 82.6. The van der Waals surface area contributed by atoms with Gasteiger partial charge in [0, 0.05) is 86.2 Å². The number of carbonyl (C=O) groups is 4. The Labute approximate surface area is 526 Å². The maximum Gasteiger partial charge on any atom is 0.255 e. The fourth-order valence-corrected chi connectivity index (χ4v) is 13.2. The van der Waals surface area contributed by atoms with E-state index in [1.54, 1.807) is 27.8 Å². The van der Waals surface area contributed by atoms with Crippen molar-refractivity contribution in [1.29, 1.82) is 0 Å². The summed E-state index contributed by atoms with van der Waals surface area (Å²) in [5, 5.41) is 10.8. The lowest BCUT2D eigenvalue weighted by atomic mass is 9.92. The highest BCUT2D eigenvalue weighted by atomic mass is 32.1. The lowest BCUT2D eigenvalue weighted by Gasteiger charge is -2.37. The third-order valence-corrected chi connectivity index (χ3v) is 18.0. The topological polar surface area (TPSA) is 209 Å². The number of fused-ring (bicyclic) bond motifs is 1. The maximum absolute atomic E-state index is 14.3. The van der Waals surface area contributed by atoms with Crippen molar-refractivity contribution in [3.05, 3.63) is 151 Å². The van der Waals surface area contributed by atoms with Gasteiger partial charge in [0.2, 0.25) is 5.91 Å². The average molecular weight is 1240 g/mol. The Balaban J connectivity index is 0.670. The fraction of sp³-hybridized carbons (Fsp3) is 0.486. The van der Waals surface area contributed by atoms with E-state index in [0.717, 1.165) is 80.3 Å². The Morgan fingerprint density at radius 3 is 2.08 bits per heavy atom. The molecule has 89 heavy (non-hydrogen) atoms. The van der Waals surface area contributed by atoms with Gasteiger partial charge in [-0.25, -0.2) is 4.98 Å². The number of aliphatic hydroxyl groups is 1. The third kappa shape index (κ3) is 17.0. The number of carbonyl (C=O) groups excluding carboxylic acids is 4. The Morgan fingerprint density at radius 2 is 1.44 bits per heavy atom. The molecule has 0 spiro atoms. The van der Waals surface area contributed by atoms with Gasteiger partial charge in [-0.05, 0) is 148 Å². The van der Waals surface area contributed by atoms with Crippen LogP contribution in [0.2, 0.25) is 0 Å². The number of Topliss-reactive ketones (excluding diaryl/α,β-unsaturated/α-hetero) is 2. The molecule has 0 aliphatic carbocycles. The molecule has 2 saturated heterocycles. The van der Waals surface area contributed by atoms with Crippen LogP contribution in [0.5, 0.6) is 11.5 Å². The van der Waals surface area contributed by atoms with Gasteiger partial charge in [0.05, 0.1) is 81.1 Å². The van der Waals surface area contributed by atoms with Crippen LogP contribution in [0, 0.1) is 33.6 Å². The molecule has 0 saturated carbocycles. The maximum atomic E-state index is 14.3. The van der Waals surface area contributed by atoms with Gasteiger partial charge in [-0.1, -0.05) is 56.3 Å². The van der Waals surface area contributed by atoms with E-state index >= 15 is 0 Å². The van der Waals surface area contributed by atoms with Gasteiger partial charge in [0.25, 0.3) is 11.5 Å². The highest BCUT2D eigenvalue weighted by Crippen LogP contribution is 2.37. The fourth-order valence-electron chi connectivity index (χ4n) is 12.4. The molecule has 4 aromatic carbocycles. The second kappa shape index (κ2) is 32.1. The van der Waals surface area contributed by atoms with Crippen molar-refractivity contribution in [2.45, 2.75) is 124 Å². The SMILES string of the molecule is CCN(c1cc(-c2ccc(OCCOCCOCCOCCOCCOc3cc(-c4scnc4C)ccc3CCC(=O)C3C[C@@H](O)CN3C(=O)[C@H](C(C)C)N3Cc4ccccc4C3=O)cc2)cc(C(=O)CCc2c(C)cc(C)[nH]c2=O)c1C)C1CCOCC1. The predicted molar refractivity (Wildman–Crippen MR) is 344 cm³/mol. The minimum absolute atomic E-state index is 0.00679. The molecule has 5 heterocycles. The number of benzene rings is 4. The second-order valence-electron chi connectivity index (χ2n) is 23.6. The summed E-state index contributed by atoms with van der Waals surface area (Å²) < 4.78 is 41.1. The summed E-state index contributed by atoms with van der Waals surface area (Å²) >= 11 is 1.54. The highest BCUT2D eigenvalue weighted by Gasteiger charge is 2.45. The molecule has 0 bridgehead atoms. The van der Waals surface area contributed by atoms with Crippen LogP contribution in [0.1, 0.15) is 113 Å². The number of nitrogens with one attached hydrogen (secondary N) is 1.